The maximum Gasteiger partial charge on any atom is 0.315 e. The van der Waals surface area contributed by atoms with Crippen LogP contribution in [-0.2, 0) is 0 Å². The second-order valence-corrected chi connectivity index (χ2v) is 3.11. The molecule has 0 saturated carbocycles. The summed E-state index contributed by atoms with van der Waals surface area (Å²) in [7, 11) is 0. The Morgan fingerprint density at radius 3 is 2.86 bits per heavy atom. The van der Waals surface area contributed by atoms with Gasteiger partial charge in [0.15, 0.2) is 6.19 Å². The smallest absolute Gasteiger partial charge is 0.315 e. The van der Waals surface area contributed by atoms with Crippen molar-refractivity contribution in [1.82, 2.24) is 15.1 Å². The van der Waals surface area contributed by atoms with Gasteiger partial charge in [-0.05, 0) is 6.42 Å². The van der Waals surface area contributed by atoms with Gasteiger partial charge in [-0.3, -0.25) is 16.0 Å². The second-order valence-electron chi connectivity index (χ2n) is 3.11. The molecule has 2 amide bonds. The van der Waals surface area contributed by atoms with Crippen molar-refractivity contribution in [3.63, 3.8) is 0 Å². The number of hydrogen-bond acceptors (Lipinski definition) is 5. The summed E-state index contributed by atoms with van der Waals surface area (Å²) in [4.78, 5) is 14.1. The molecule has 0 radical (unpaired) electrons. The summed E-state index contributed by atoms with van der Waals surface area (Å²) >= 11 is 0. The number of urea groups is 1. The molecular formula is C7H14N6O. The SMILES string of the molecule is N#CNC(N)N1CCCN(C(N)=O)C1. The molecular weight excluding hydrogens is 184 g/mol. The summed E-state index contributed by atoms with van der Waals surface area (Å²) in [6.45, 7) is 1.76. The third kappa shape index (κ3) is 2.48. The average molecular weight is 198 g/mol. The summed E-state index contributed by atoms with van der Waals surface area (Å²) in [5.41, 5.74) is 10.8. The molecule has 7 nitrogen and oxygen atoms in total. The Kier molecular flexibility index (Phi) is 3.50. The topological polar surface area (TPSA) is 111 Å². The quantitative estimate of drug-likeness (QED) is 0.279. The van der Waals surface area contributed by atoms with Crippen LogP contribution in [0, 0.1) is 11.5 Å². The lowest BCUT2D eigenvalue weighted by atomic mass is 10.3. The second kappa shape index (κ2) is 4.64. The first-order chi connectivity index (χ1) is 6.65. The van der Waals surface area contributed by atoms with Crippen molar-refractivity contribution in [2.24, 2.45) is 11.5 Å². The summed E-state index contributed by atoms with van der Waals surface area (Å²) in [6.07, 6.45) is 2.01. The van der Waals surface area contributed by atoms with E-state index in [1.807, 2.05) is 0 Å². The lowest BCUT2D eigenvalue weighted by molar-refractivity contribution is 0.0690. The number of hydrogen-bond donors (Lipinski definition) is 3. The highest BCUT2D eigenvalue weighted by molar-refractivity contribution is 5.71. The average Bonchev–Trinajstić information content (AvgIpc) is 2.18. The summed E-state index contributed by atoms with van der Waals surface area (Å²) in [6, 6.07) is -0.459. The lowest BCUT2D eigenvalue weighted by Crippen LogP contribution is -2.58. The van der Waals surface area contributed by atoms with E-state index in [-0.39, 0.29) is 0 Å². The molecule has 78 valence electrons. The highest BCUT2D eigenvalue weighted by Crippen LogP contribution is 2.05. The van der Waals surface area contributed by atoms with Crippen molar-refractivity contribution in [3.8, 4) is 6.19 Å². The molecule has 5 N–H and O–H groups in total. The Morgan fingerprint density at radius 1 is 1.57 bits per heavy atom. The number of rotatable bonds is 2. The Bertz CT molecular complexity index is 249. The van der Waals surface area contributed by atoms with Crippen LogP contribution in [0.2, 0.25) is 0 Å². The van der Waals surface area contributed by atoms with Crippen LogP contribution in [0.5, 0.6) is 0 Å². The Labute approximate surface area is 82.2 Å². The van der Waals surface area contributed by atoms with Gasteiger partial charge in [0.2, 0.25) is 0 Å². The van der Waals surface area contributed by atoms with Crippen LogP contribution < -0.4 is 16.8 Å². The molecule has 0 aromatic heterocycles. The van der Waals surface area contributed by atoms with Crippen molar-refractivity contribution in [2.75, 3.05) is 19.8 Å². The van der Waals surface area contributed by atoms with E-state index in [2.05, 4.69) is 5.32 Å². The van der Waals surface area contributed by atoms with Gasteiger partial charge in [-0.1, -0.05) is 0 Å². The van der Waals surface area contributed by atoms with Crippen LogP contribution in [0.3, 0.4) is 0 Å². The molecule has 0 bridgehead atoms. The monoisotopic (exact) mass is 198 g/mol. The van der Waals surface area contributed by atoms with E-state index in [1.54, 1.807) is 11.1 Å². The van der Waals surface area contributed by atoms with Crippen LogP contribution in [0.1, 0.15) is 6.42 Å². The third-order valence-corrected chi connectivity index (χ3v) is 2.14. The van der Waals surface area contributed by atoms with Crippen LogP contribution in [0.25, 0.3) is 0 Å². The van der Waals surface area contributed by atoms with Gasteiger partial charge in [0, 0.05) is 13.1 Å². The fraction of sp³-hybridized carbons (Fsp3) is 0.714. The van der Waals surface area contributed by atoms with Crippen molar-refractivity contribution in [3.05, 3.63) is 0 Å². The number of nitrogens with zero attached hydrogens (tertiary/aromatic N) is 3. The van der Waals surface area contributed by atoms with E-state index in [0.717, 1.165) is 13.0 Å². The lowest BCUT2D eigenvalue weighted by Gasteiger charge is -2.37. The van der Waals surface area contributed by atoms with E-state index < -0.39 is 12.3 Å². The maximum atomic E-state index is 10.9. The molecule has 1 unspecified atom stereocenters. The number of primary amides is 1. The zero-order valence-electron chi connectivity index (χ0n) is 7.81. The van der Waals surface area contributed by atoms with Gasteiger partial charge in [-0.25, -0.2) is 4.79 Å². The number of carbonyl (C=O) groups is 1. The molecule has 7 heteroatoms. The normalized spacial score (nSPS) is 19.9. The Morgan fingerprint density at radius 2 is 2.29 bits per heavy atom. The number of nitriles is 1. The highest BCUT2D eigenvalue weighted by atomic mass is 16.2. The predicted molar refractivity (Wildman–Crippen MR) is 49.2 cm³/mol. The largest absolute Gasteiger partial charge is 0.351 e. The molecule has 1 fully saturated rings. The molecule has 1 heterocycles. The molecule has 0 aliphatic carbocycles. The molecule has 1 rings (SSSR count). The van der Waals surface area contributed by atoms with Crippen LogP contribution in [0.4, 0.5) is 4.79 Å². The number of nitrogens with one attached hydrogen (secondary N) is 1. The number of amides is 2. The maximum absolute atomic E-state index is 10.9. The van der Waals surface area contributed by atoms with Gasteiger partial charge in [0.25, 0.3) is 0 Å². The van der Waals surface area contributed by atoms with Crippen molar-refractivity contribution in [2.45, 2.75) is 12.7 Å². The van der Waals surface area contributed by atoms with E-state index >= 15 is 0 Å². The molecule has 1 atom stereocenters. The van der Waals surface area contributed by atoms with Gasteiger partial charge < -0.3 is 10.6 Å². The van der Waals surface area contributed by atoms with E-state index in [0.29, 0.717) is 13.2 Å². The number of nitrogens with two attached hydrogens (primary N) is 2. The Balaban J connectivity index is 2.48. The van der Waals surface area contributed by atoms with Crippen molar-refractivity contribution >= 4 is 6.03 Å². The molecule has 0 spiro atoms. The summed E-state index contributed by atoms with van der Waals surface area (Å²) in [5, 5.41) is 10.8. The molecule has 1 aliphatic heterocycles. The predicted octanol–water partition coefficient (Wildman–Crippen LogP) is -1.66. The van der Waals surface area contributed by atoms with Crippen LogP contribution in [0.15, 0.2) is 0 Å². The van der Waals surface area contributed by atoms with Gasteiger partial charge in [0.1, 0.15) is 6.29 Å². The first-order valence-electron chi connectivity index (χ1n) is 4.34. The van der Waals surface area contributed by atoms with Crippen LogP contribution >= 0.6 is 0 Å². The van der Waals surface area contributed by atoms with E-state index in [4.69, 9.17) is 16.7 Å². The first-order valence-corrected chi connectivity index (χ1v) is 4.34. The summed E-state index contributed by atoms with van der Waals surface area (Å²) < 4.78 is 0. The van der Waals surface area contributed by atoms with Gasteiger partial charge in [0.05, 0.1) is 6.67 Å². The molecule has 14 heavy (non-hydrogen) atoms. The first kappa shape index (κ1) is 10.6. The fourth-order valence-corrected chi connectivity index (χ4v) is 1.39. The minimum Gasteiger partial charge on any atom is -0.351 e. The zero-order valence-corrected chi connectivity index (χ0v) is 7.81. The van der Waals surface area contributed by atoms with Crippen molar-refractivity contribution in [1.29, 1.82) is 5.26 Å². The van der Waals surface area contributed by atoms with E-state index in [1.165, 1.54) is 4.90 Å². The molecule has 1 saturated heterocycles. The Hall–Kier alpha value is -1.52. The molecule has 1 aliphatic rings. The van der Waals surface area contributed by atoms with Gasteiger partial charge in [-0.15, -0.1) is 0 Å². The van der Waals surface area contributed by atoms with Crippen LogP contribution in [-0.4, -0.2) is 41.9 Å². The third-order valence-electron chi connectivity index (χ3n) is 2.14. The van der Waals surface area contributed by atoms with E-state index in [9.17, 15) is 4.79 Å². The number of carbonyl (C=O) groups excluding carboxylic acids is 1. The van der Waals surface area contributed by atoms with Crippen molar-refractivity contribution < 1.29 is 4.79 Å². The minimum absolute atomic E-state index is 0.366. The summed E-state index contributed by atoms with van der Waals surface area (Å²) in [5.74, 6) is 0. The highest BCUT2D eigenvalue weighted by Gasteiger charge is 2.23. The van der Waals surface area contributed by atoms with Gasteiger partial charge in [-0.2, -0.15) is 5.26 Å². The molecule has 0 aromatic carbocycles. The fourth-order valence-electron chi connectivity index (χ4n) is 1.39. The standard InChI is InChI=1S/C7H14N6O/c8-4-11-6(9)12-2-1-3-13(5-12)7(10)14/h6,11H,1-3,5,9H2,(H2,10,14). The minimum atomic E-state index is -0.554. The molecule has 0 aromatic rings. The van der Waals surface area contributed by atoms with Gasteiger partial charge >= 0.3 is 6.03 Å². The zero-order chi connectivity index (χ0) is 10.6.